The first-order valence-electron chi connectivity index (χ1n) is 6.52. The van der Waals surface area contributed by atoms with E-state index in [0.29, 0.717) is 11.5 Å². The summed E-state index contributed by atoms with van der Waals surface area (Å²) in [5.41, 5.74) is 0.506. The third-order valence-corrected chi connectivity index (χ3v) is 5.31. The lowest BCUT2D eigenvalue weighted by atomic mass is 9.71. The van der Waals surface area contributed by atoms with E-state index >= 15 is 0 Å². The topological polar surface area (TPSA) is 9.23 Å². The summed E-state index contributed by atoms with van der Waals surface area (Å²) in [5, 5.41) is 1.13. The van der Waals surface area contributed by atoms with E-state index in [4.69, 9.17) is 4.74 Å². The normalized spacial score (nSPS) is 27.0. The van der Waals surface area contributed by atoms with Gasteiger partial charge in [0.05, 0.1) is 12.7 Å². The SMILES string of the molecule is BrCC1(COC2CCCCCC2)CCC1. The lowest BCUT2D eigenvalue weighted by molar-refractivity contribution is -0.0371. The Morgan fingerprint density at radius 2 is 1.67 bits per heavy atom. The van der Waals surface area contributed by atoms with Crippen molar-refractivity contribution in [3.8, 4) is 0 Å². The predicted molar refractivity (Wildman–Crippen MR) is 67.5 cm³/mol. The number of hydrogen-bond donors (Lipinski definition) is 0. The fourth-order valence-electron chi connectivity index (χ4n) is 2.70. The van der Waals surface area contributed by atoms with E-state index in [1.807, 2.05) is 0 Å². The zero-order valence-electron chi connectivity index (χ0n) is 9.64. The Bertz CT molecular complexity index is 175. The first-order chi connectivity index (χ1) is 7.35. The maximum Gasteiger partial charge on any atom is 0.0575 e. The van der Waals surface area contributed by atoms with Crippen molar-refractivity contribution < 1.29 is 4.74 Å². The van der Waals surface area contributed by atoms with E-state index in [2.05, 4.69) is 15.9 Å². The minimum atomic E-state index is 0.506. The van der Waals surface area contributed by atoms with Crippen LogP contribution in [0.2, 0.25) is 0 Å². The van der Waals surface area contributed by atoms with Gasteiger partial charge in [-0.15, -0.1) is 0 Å². The number of hydrogen-bond acceptors (Lipinski definition) is 1. The molecule has 1 nitrogen and oxygen atoms in total. The summed E-state index contributed by atoms with van der Waals surface area (Å²) in [4.78, 5) is 0. The van der Waals surface area contributed by atoms with Gasteiger partial charge in [0.15, 0.2) is 0 Å². The van der Waals surface area contributed by atoms with Gasteiger partial charge in [-0.2, -0.15) is 0 Å². The molecule has 0 spiro atoms. The molecule has 2 rings (SSSR count). The highest BCUT2D eigenvalue weighted by molar-refractivity contribution is 9.09. The average molecular weight is 275 g/mol. The fourth-order valence-corrected chi connectivity index (χ4v) is 3.42. The summed E-state index contributed by atoms with van der Waals surface area (Å²) in [7, 11) is 0. The average Bonchev–Trinajstić information content (AvgIpc) is 2.45. The largest absolute Gasteiger partial charge is 0.378 e. The number of halogens is 1. The van der Waals surface area contributed by atoms with Crippen molar-refractivity contribution in [1.29, 1.82) is 0 Å². The van der Waals surface area contributed by atoms with E-state index < -0.39 is 0 Å². The lowest BCUT2D eigenvalue weighted by Crippen LogP contribution is -2.37. The molecule has 0 aromatic rings. The Morgan fingerprint density at radius 3 is 2.13 bits per heavy atom. The summed E-state index contributed by atoms with van der Waals surface area (Å²) < 4.78 is 6.13. The third-order valence-electron chi connectivity index (χ3n) is 4.13. The molecule has 0 amide bonds. The van der Waals surface area contributed by atoms with E-state index in [-0.39, 0.29) is 0 Å². The van der Waals surface area contributed by atoms with Crippen LogP contribution in [0.15, 0.2) is 0 Å². The molecule has 0 bridgehead atoms. The quantitative estimate of drug-likeness (QED) is 0.549. The van der Waals surface area contributed by atoms with Crippen LogP contribution in [0.1, 0.15) is 57.8 Å². The van der Waals surface area contributed by atoms with Crippen molar-refractivity contribution in [2.24, 2.45) is 5.41 Å². The maximum absolute atomic E-state index is 6.13. The third kappa shape index (κ3) is 3.20. The highest BCUT2D eigenvalue weighted by Crippen LogP contribution is 2.43. The van der Waals surface area contributed by atoms with E-state index in [9.17, 15) is 0 Å². The molecule has 0 aromatic carbocycles. The molecule has 0 radical (unpaired) electrons. The Balaban J connectivity index is 1.71. The number of rotatable bonds is 4. The molecule has 15 heavy (non-hydrogen) atoms. The van der Waals surface area contributed by atoms with Crippen LogP contribution in [0.4, 0.5) is 0 Å². The van der Waals surface area contributed by atoms with Crippen molar-refractivity contribution in [1.82, 2.24) is 0 Å². The summed E-state index contributed by atoms with van der Waals surface area (Å²) in [6.45, 7) is 1.00. The van der Waals surface area contributed by atoms with Crippen LogP contribution >= 0.6 is 15.9 Å². The smallest absolute Gasteiger partial charge is 0.0575 e. The van der Waals surface area contributed by atoms with Crippen molar-refractivity contribution in [2.75, 3.05) is 11.9 Å². The summed E-state index contributed by atoms with van der Waals surface area (Å²) in [5.74, 6) is 0. The van der Waals surface area contributed by atoms with Gasteiger partial charge in [-0.05, 0) is 25.7 Å². The minimum Gasteiger partial charge on any atom is -0.378 e. The van der Waals surface area contributed by atoms with Gasteiger partial charge in [0.2, 0.25) is 0 Å². The number of ether oxygens (including phenoxy) is 1. The molecule has 2 fully saturated rings. The molecule has 2 aliphatic rings. The minimum absolute atomic E-state index is 0.506. The zero-order chi connectivity index (χ0) is 10.6. The monoisotopic (exact) mass is 274 g/mol. The highest BCUT2D eigenvalue weighted by Gasteiger charge is 2.36. The zero-order valence-corrected chi connectivity index (χ0v) is 11.2. The standard InChI is InChI=1S/C13H23BrO/c14-10-13(8-5-9-13)11-15-12-6-3-1-2-4-7-12/h12H,1-11H2. The molecular weight excluding hydrogens is 252 g/mol. The second-order valence-electron chi connectivity index (χ2n) is 5.41. The Hall–Kier alpha value is 0.440. The van der Waals surface area contributed by atoms with Gasteiger partial charge in [0.25, 0.3) is 0 Å². The predicted octanol–water partition coefficient (Wildman–Crippen LogP) is 4.29. The van der Waals surface area contributed by atoms with E-state index in [0.717, 1.165) is 11.9 Å². The van der Waals surface area contributed by atoms with Crippen LogP contribution in [0.5, 0.6) is 0 Å². The fraction of sp³-hybridized carbons (Fsp3) is 1.00. The van der Waals surface area contributed by atoms with E-state index in [1.165, 1.54) is 57.8 Å². The molecule has 0 atom stereocenters. The molecule has 0 aliphatic heterocycles. The van der Waals surface area contributed by atoms with Crippen LogP contribution in [0.3, 0.4) is 0 Å². The first kappa shape index (κ1) is 11.9. The summed E-state index contributed by atoms with van der Waals surface area (Å²) >= 11 is 3.64. The van der Waals surface area contributed by atoms with Crippen molar-refractivity contribution in [3.63, 3.8) is 0 Å². The van der Waals surface area contributed by atoms with Gasteiger partial charge in [-0.1, -0.05) is 48.0 Å². The Labute approximate surface area is 102 Å². The van der Waals surface area contributed by atoms with Gasteiger partial charge in [-0.25, -0.2) is 0 Å². The number of alkyl halides is 1. The molecule has 0 unspecified atom stereocenters. The lowest BCUT2D eigenvalue weighted by Gasteiger charge is -2.41. The van der Waals surface area contributed by atoms with E-state index in [1.54, 1.807) is 0 Å². The van der Waals surface area contributed by atoms with Crippen molar-refractivity contribution >= 4 is 15.9 Å². The van der Waals surface area contributed by atoms with Gasteiger partial charge in [0.1, 0.15) is 0 Å². The van der Waals surface area contributed by atoms with Gasteiger partial charge >= 0.3 is 0 Å². The summed E-state index contributed by atoms with van der Waals surface area (Å²) in [6.07, 6.45) is 12.9. The molecule has 2 heteroatoms. The van der Waals surface area contributed by atoms with Gasteiger partial charge in [0, 0.05) is 10.7 Å². The van der Waals surface area contributed by atoms with Crippen LogP contribution in [-0.4, -0.2) is 18.0 Å². The molecule has 2 saturated carbocycles. The van der Waals surface area contributed by atoms with Gasteiger partial charge < -0.3 is 4.74 Å². The van der Waals surface area contributed by atoms with Crippen LogP contribution in [-0.2, 0) is 4.74 Å². The second kappa shape index (κ2) is 5.67. The molecule has 0 heterocycles. The second-order valence-corrected chi connectivity index (χ2v) is 5.97. The molecule has 88 valence electrons. The molecule has 0 N–H and O–H groups in total. The highest BCUT2D eigenvalue weighted by atomic mass is 79.9. The molecular formula is C13H23BrO. The van der Waals surface area contributed by atoms with Crippen molar-refractivity contribution in [3.05, 3.63) is 0 Å². The van der Waals surface area contributed by atoms with Crippen LogP contribution in [0.25, 0.3) is 0 Å². The molecule has 0 saturated heterocycles. The van der Waals surface area contributed by atoms with Crippen LogP contribution in [0, 0.1) is 5.41 Å². The molecule has 0 aromatic heterocycles. The Morgan fingerprint density at radius 1 is 1.00 bits per heavy atom. The molecule has 2 aliphatic carbocycles. The van der Waals surface area contributed by atoms with Gasteiger partial charge in [-0.3, -0.25) is 0 Å². The first-order valence-corrected chi connectivity index (χ1v) is 7.64. The summed E-state index contributed by atoms with van der Waals surface area (Å²) in [6, 6.07) is 0. The van der Waals surface area contributed by atoms with Crippen LogP contribution < -0.4 is 0 Å². The Kier molecular flexibility index (Phi) is 4.51. The van der Waals surface area contributed by atoms with Crippen molar-refractivity contribution in [2.45, 2.75) is 63.9 Å². The maximum atomic E-state index is 6.13.